The number of H-pyrrole nitrogens is 1. The standard InChI is InChI=1S/C18H18N8O3/c1-24-14-12(22-16(24)17(27)28)15(21-9-20-14)25-7-4-10(5-8-25)26-11-3-2-6-19-13(11)23-18(26)29/h2-3,6,9-10H,4-5,7-8H2,1H3,(H,27,28)(H,19,23,29). The smallest absolute Gasteiger partial charge is 0.372 e. The summed E-state index contributed by atoms with van der Waals surface area (Å²) in [5, 5.41) is 9.34. The molecule has 4 aromatic heterocycles. The minimum Gasteiger partial charge on any atom is -0.475 e. The molecule has 5 rings (SSSR count). The Hall–Kier alpha value is -3.76. The molecule has 1 fully saturated rings. The number of nitrogens with one attached hydrogen (secondary N) is 1. The number of aromatic nitrogens is 7. The van der Waals surface area contributed by atoms with Crippen LogP contribution in [0.15, 0.2) is 29.5 Å². The van der Waals surface area contributed by atoms with Crippen LogP contribution in [0, 0.1) is 0 Å². The molecule has 0 atom stereocenters. The van der Waals surface area contributed by atoms with Gasteiger partial charge in [-0.2, -0.15) is 0 Å². The Morgan fingerprint density at radius 3 is 2.79 bits per heavy atom. The van der Waals surface area contributed by atoms with Gasteiger partial charge in [-0.05, 0) is 25.0 Å². The second-order valence-corrected chi connectivity index (χ2v) is 7.06. The minimum atomic E-state index is -1.11. The van der Waals surface area contributed by atoms with Crippen molar-refractivity contribution in [2.45, 2.75) is 18.9 Å². The SMILES string of the molecule is Cn1c(C(=O)O)nc2c(N3CCC(n4c(=O)[nH]c5ncccc54)CC3)ncnc21. The van der Waals surface area contributed by atoms with E-state index in [1.165, 1.54) is 10.9 Å². The first-order chi connectivity index (χ1) is 14.0. The van der Waals surface area contributed by atoms with E-state index in [0.717, 1.165) is 18.4 Å². The molecule has 0 unspecified atom stereocenters. The topological polar surface area (TPSA) is 135 Å². The third-order valence-electron chi connectivity index (χ3n) is 5.45. The predicted octanol–water partition coefficient (Wildman–Crippen LogP) is 0.941. The van der Waals surface area contributed by atoms with E-state index in [1.807, 2.05) is 12.1 Å². The number of anilines is 1. The van der Waals surface area contributed by atoms with Crippen molar-refractivity contribution in [3.63, 3.8) is 0 Å². The number of piperidine rings is 1. The summed E-state index contributed by atoms with van der Waals surface area (Å²) in [7, 11) is 1.62. The molecule has 29 heavy (non-hydrogen) atoms. The van der Waals surface area contributed by atoms with Gasteiger partial charge in [0, 0.05) is 32.4 Å². The summed E-state index contributed by atoms with van der Waals surface area (Å²) >= 11 is 0. The number of rotatable bonds is 3. The lowest BCUT2D eigenvalue weighted by Gasteiger charge is -2.33. The normalized spacial score (nSPS) is 15.4. The van der Waals surface area contributed by atoms with Crippen molar-refractivity contribution in [2.24, 2.45) is 7.05 Å². The van der Waals surface area contributed by atoms with Gasteiger partial charge in [0.05, 0.1) is 5.52 Å². The third kappa shape index (κ3) is 2.65. The van der Waals surface area contributed by atoms with E-state index in [9.17, 15) is 14.7 Å². The van der Waals surface area contributed by atoms with Crippen LogP contribution < -0.4 is 10.6 Å². The number of aryl methyl sites for hydroxylation is 1. The zero-order valence-corrected chi connectivity index (χ0v) is 15.6. The zero-order valence-electron chi connectivity index (χ0n) is 15.6. The Labute approximate surface area is 163 Å². The summed E-state index contributed by atoms with van der Waals surface area (Å²) in [5.74, 6) is -0.568. The summed E-state index contributed by atoms with van der Waals surface area (Å²) in [6.45, 7) is 1.32. The second-order valence-electron chi connectivity index (χ2n) is 7.06. The van der Waals surface area contributed by atoms with E-state index in [-0.39, 0.29) is 17.6 Å². The van der Waals surface area contributed by atoms with Crippen LogP contribution >= 0.6 is 0 Å². The molecule has 0 bridgehead atoms. The van der Waals surface area contributed by atoms with Crippen LogP contribution in [0.3, 0.4) is 0 Å². The largest absolute Gasteiger partial charge is 0.475 e. The number of carboxylic acids is 1. The minimum absolute atomic E-state index is 0.0485. The first kappa shape index (κ1) is 17.3. The van der Waals surface area contributed by atoms with E-state index in [1.54, 1.807) is 17.8 Å². The highest BCUT2D eigenvalue weighted by atomic mass is 16.4. The summed E-state index contributed by atoms with van der Waals surface area (Å²) < 4.78 is 3.23. The van der Waals surface area contributed by atoms with Crippen LogP contribution in [0.5, 0.6) is 0 Å². The van der Waals surface area contributed by atoms with E-state index >= 15 is 0 Å². The van der Waals surface area contributed by atoms with Crippen LogP contribution in [0.1, 0.15) is 29.5 Å². The highest BCUT2D eigenvalue weighted by molar-refractivity contribution is 5.92. The average Bonchev–Trinajstić information content (AvgIpc) is 3.24. The summed E-state index contributed by atoms with van der Waals surface area (Å²) in [6.07, 6.45) is 4.56. The third-order valence-corrected chi connectivity index (χ3v) is 5.45. The molecule has 0 aliphatic carbocycles. The molecule has 1 aliphatic heterocycles. The van der Waals surface area contributed by atoms with Crippen molar-refractivity contribution < 1.29 is 9.90 Å². The van der Waals surface area contributed by atoms with Crippen LogP contribution in [-0.4, -0.2) is 58.2 Å². The van der Waals surface area contributed by atoms with Crippen LogP contribution in [-0.2, 0) is 7.05 Å². The first-order valence-corrected chi connectivity index (χ1v) is 9.25. The van der Waals surface area contributed by atoms with Gasteiger partial charge in [0.2, 0.25) is 5.82 Å². The molecule has 5 heterocycles. The molecule has 1 saturated heterocycles. The number of aromatic amines is 1. The molecular formula is C18H18N8O3. The molecule has 11 nitrogen and oxygen atoms in total. The second kappa shape index (κ2) is 6.40. The van der Waals surface area contributed by atoms with Crippen molar-refractivity contribution in [3.05, 3.63) is 41.0 Å². The maximum Gasteiger partial charge on any atom is 0.372 e. The molecule has 4 aromatic rings. The summed E-state index contributed by atoms with van der Waals surface area (Å²) in [4.78, 5) is 45.7. The Kier molecular flexibility index (Phi) is 3.83. The number of carbonyl (C=O) groups is 1. The quantitative estimate of drug-likeness (QED) is 0.524. The van der Waals surface area contributed by atoms with E-state index < -0.39 is 5.97 Å². The molecule has 2 N–H and O–H groups in total. The highest BCUT2D eigenvalue weighted by Crippen LogP contribution is 2.29. The fraction of sp³-hybridized carbons (Fsp3) is 0.333. The van der Waals surface area contributed by atoms with Gasteiger partial charge in [-0.15, -0.1) is 0 Å². The Morgan fingerprint density at radius 2 is 2.03 bits per heavy atom. The first-order valence-electron chi connectivity index (χ1n) is 9.25. The average molecular weight is 394 g/mol. The molecule has 0 amide bonds. The van der Waals surface area contributed by atoms with Gasteiger partial charge >= 0.3 is 11.7 Å². The molecule has 1 aliphatic rings. The number of fused-ring (bicyclic) bond motifs is 2. The molecule has 0 radical (unpaired) electrons. The zero-order chi connectivity index (χ0) is 20.1. The molecule has 0 saturated carbocycles. The van der Waals surface area contributed by atoms with E-state index in [4.69, 9.17) is 0 Å². The molecule has 0 spiro atoms. The molecule has 0 aromatic carbocycles. The van der Waals surface area contributed by atoms with Gasteiger partial charge < -0.3 is 14.6 Å². The van der Waals surface area contributed by atoms with Crippen molar-refractivity contribution in [1.29, 1.82) is 0 Å². The van der Waals surface area contributed by atoms with Gasteiger partial charge in [0.25, 0.3) is 0 Å². The van der Waals surface area contributed by atoms with Crippen molar-refractivity contribution in [1.82, 2.24) is 34.1 Å². The predicted molar refractivity (Wildman–Crippen MR) is 104 cm³/mol. The summed E-state index contributed by atoms with van der Waals surface area (Å²) in [5.41, 5.74) is 2.19. The van der Waals surface area contributed by atoms with Gasteiger partial charge in [-0.25, -0.2) is 29.5 Å². The monoisotopic (exact) mass is 394 g/mol. The van der Waals surface area contributed by atoms with Crippen LogP contribution in [0.2, 0.25) is 0 Å². The van der Waals surface area contributed by atoms with Crippen molar-refractivity contribution in [2.75, 3.05) is 18.0 Å². The van der Waals surface area contributed by atoms with Crippen molar-refractivity contribution in [3.8, 4) is 0 Å². The number of hydrogen-bond acceptors (Lipinski definition) is 7. The van der Waals surface area contributed by atoms with Crippen LogP contribution in [0.25, 0.3) is 22.3 Å². The van der Waals surface area contributed by atoms with Crippen molar-refractivity contribution >= 4 is 34.1 Å². The van der Waals surface area contributed by atoms with Gasteiger partial charge in [0.15, 0.2) is 22.6 Å². The fourth-order valence-corrected chi connectivity index (χ4v) is 4.07. The molecule has 148 valence electrons. The van der Waals surface area contributed by atoms with E-state index in [0.29, 0.717) is 35.7 Å². The van der Waals surface area contributed by atoms with Gasteiger partial charge in [-0.3, -0.25) is 9.55 Å². The van der Waals surface area contributed by atoms with E-state index in [2.05, 4.69) is 29.8 Å². The number of pyridine rings is 1. The lowest BCUT2D eigenvalue weighted by Crippen LogP contribution is -2.37. The molecular weight excluding hydrogens is 376 g/mol. The fourth-order valence-electron chi connectivity index (χ4n) is 4.07. The Balaban J connectivity index is 1.45. The maximum absolute atomic E-state index is 12.4. The van der Waals surface area contributed by atoms with Gasteiger partial charge in [-0.1, -0.05) is 0 Å². The number of imidazole rings is 2. The lowest BCUT2D eigenvalue weighted by atomic mass is 10.0. The summed E-state index contributed by atoms with van der Waals surface area (Å²) in [6, 6.07) is 3.76. The number of carboxylic acid groups (broad SMARTS) is 1. The number of hydrogen-bond donors (Lipinski definition) is 2. The Bertz CT molecular complexity index is 1300. The highest BCUT2D eigenvalue weighted by Gasteiger charge is 2.27. The van der Waals surface area contributed by atoms with Crippen LogP contribution in [0.4, 0.5) is 5.82 Å². The Morgan fingerprint density at radius 1 is 1.24 bits per heavy atom. The number of nitrogens with zero attached hydrogens (tertiary/aromatic N) is 7. The lowest BCUT2D eigenvalue weighted by molar-refractivity contribution is 0.0680. The molecule has 11 heteroatoms. The number of aromatic carboxylic acids is 1. The maximum atomic E-state index is 12.4. The van der Waals surface area contributed by atoms with Gasteiger partial charge in [0.1, 0.15) is 6.33 Å².